The van der Waals surface area contributed by atoms with Crippen molar-refractivity contribution in [2.45, 2.75) is 18.4 Å². The minimum atomic E-state index is -0.964. The third-order valence-electron chi connectivity index (χ3n) is 4.47. The van der Waals surface area contributed by atoms with Gasteiger partial charge in [0.1, 0.15) is 5.82 Å². The van der Waals surface area contributed by atoms with Gasteiger partial charge in [0.25, 0.3) is 5.91 Å². The van der Waals surface area contributed by atoms with Gasteiger partial charge in [0.2, 0.25) is 0 Å². The summed E-state index contributed by atoms with van der Waals surface area (Å²) in [5.41, 5.74) is 0.509. The number of benzene rings is 1. The zero-order chi connectivity index (χ0) is 18.6. The van der Waals surface area contributed by atoms with E-state index in [-0.39, 0.29) is 18.9 Å². The van der Waals surface area contributed by atoms with Crippen molar-refractivity contribution < 1.29 is 19.4 Å². The molecule has 0 radical (unpaired) electrons. The van der Waals surface area contributed by atoms with Crippen molar-refractivity contribution in [3.63, 3.8) is 0 Å². The summed E-state index contributed by atoms with van der Waals surface area (Å²) in [4.78, 5) is 29.9. The minimum absolute atomic E-state index is 0.166. The third kappa shape index (κ3) is 4.00. The van der Waals surface area contributed by atoms with Crippen LogP contribution in [0.3, 0.4) is 0 Å². The number of nitrogens with zero attached hydrogens (tertiary/aromatic N) is 2. The Balaban J connectivity index is 1.71. The quantitative estimate of drug-likeness (QED) is 0.825. The average molecular weight is 355 g/mol. The second kappa shape index (κ2) is 7.53. The van der Waals surface area contributed by atoms with Crippen molar-refractivity contribution >= 4 is 23.4 Å². The van der Waals surface area contributed by atoms with Crippen LogP contribution in [0, 0.1) is 0 Å². The Labute approximate surface area is 151 Å². The molecule has 1 aromatic heterocycles. The van der Waals surface area contributed by atoms with Gasteiger partial charge in [-0.3, -0.25) is 9.59 Å². The number of para-hydroxylation sites is 1. The molecule has 1 aromatic carbocycles. The fourth-order valence-corrected chi connectivity index (χ4v) is 2.99. The first-order chi connectivity index (χ1) is 12.5. The van der Waals surface area contributed by atoms with Gasteiger partial charge in [0.15, 0.2) is 0 Å². The fourth-order valence-electron chi connectivity index (χ4n) is 2.99. The number of hydrogen-bond donors (Lipinski definition) is 2. The van der Waals surface area contributed by atoms with Crippen LogP contribution in [-0.4, -0.2) is 47.8 Å². The average Bonchev–Trinajstić information content (AvgIpc) is 3.09. The highest BCUT2D eigenvalue weighted by Crippen LogP contribution is 2.24. The number of carboxylic acids is 1. The molecule has 1 fully saturated rings. The van der Waals surface area contributed by atoms with Gasteiger partial charge in [-0.2, -0.15) is 0 Å². The molecule has 7 heteroatoms. The largest absolute Gasteiger partial charge is 0.481 e. The number of aromatic nitrogens is 1. The first-order valence-electron chi connectivity index (χ1n) is 8.36. The van der Waals surface area contributed by atoms with Crippen molar-refractivity contribution in [2.75, 3.05) is 25.2 Å². The lowest BCUT2D eigenvalue weighted by Crippen LogP contribution is -2.50. The number of anilines is 2. The van der Waals surface area contributed by atoms with E-state index in [2.05, 4.69) is 10.3 Å². The molecule has 26 heavy (non-hydrogen) atoms. The molecule has 0 bridgehead atoms. The first-order valence-corrected chi connectivity index (χ1v) is 8.36. The number of aliphatic carboxylic acids is 1. The van der Waals surface area contributed by atoms with E-state index in [0.29, 0.717) is 24.4 Å². The molecule has 1 unspecified atom stereocenters. The number of rotatable bonds is 6. The van der Waals surface area contributed by atoms with Crippen LogP contribution >= 0.6 is 0 Å². The zero-order valence-electron chi connectivity index (χ0n) is 14.5. The zero-order valence-corrected chi connectivity index (χ0v) is 14.5. The number of amides is 1. The molecule has 1 atom stereocenters. The lowest BCUT2D eigenvalue weighted by molar-refractivity contribution is -0.138. The molecule has 0 aliphatic carbocycles. The Morgan fingerprint density at radius 1 is 1.27 bits per heavy atom. The van der Waals surface area contributed by atoms with E-state index < -0.39 is 11.5 Å². The second-order valence-electron chi connectivity index (χ2n) is 6.41. The molecule has 0 spiro atoms. The molecule has 3 rings (SSSR count). The van der Waals surface area contributed by atoms with E-state index in [0.717, 1.165) is 5.69 Å². The molecule has 1 saturated heterocycles. The SMILES string of the molecule is CN(c1ccccc1)c1ccc(C(=O)NC2(CC(=O)O)CCOC2)cn1. The summed E-state index contributed by atoms with van der Waals surface area (Å²) in [6.45, 7) is 0.639. The second-order valence-corrected chi connectivity index (χ2v) is 6.41. The topological polar surface area (TPSA) is 91.8 Å². The first kappa shape index (κ1) is 17.9. The molecule has 0 saturated carbocycles. The number of pyridine rings is 1. The van der Waals surface area contributed by atoms with Crippen LogP contribution in [0.2, 0.25) is 0 Å². The fraction of sp³-hybridized carbons (Fsp3) is 0.316. The number of ether oxygens (including phenoxy) is 1. The van der Waals surface area contributed by atoms with Crippen LogP contribution in [0.5, 0.6) is 0 Å². The van der Waals surface area contributed by atoms with E-state index in [9.17, 15) is 9.59 Å². The molecule has 2 N–H and O–H groups in total. The summed E-state index contributed by atoms with van der Waals surface area (Å²) in [7, 11) is 1.90. The summed E-state index contributed by atoms with van der Waals surface area (Å²) < 4.78 is 5.30. The number of nitrogens with one attached hydrogen (secondary N) is 1. The molecule has 2 aromatic rings. The van der Waals surface area contributed by atoms with Gasteiger partial charge in [-0.15, -0.1) is 0 Å². The van der Waals surface area contributed by atoms with Crippen LogP contribution in [0.15, 0.2) is 48.7 Å². The highest BCUT2D eigenvalue weighted by atomic mass is 16.5. The lowest BCUT2D eigenvalue weighted by Gasteiger charge is -2.27. The highest BCUT2D eigenvalue weighted by molar-refractivity contribution is 5.95. The Morgan fingerprint density at radius 3 is 2.62 bits per heavy atom. The van der Waals surface area contributed by atoms with Crippen molar-refractivity contribution in [2.24, 2.45) is 0 Å². The summed E-state index contributed by atoms with van der Waals surface area (Å²) in [6, 6.07) is 13.2. The predicted octanol–water partition coefficient (Wildman–Crippen LogP) is 2.21. The lowest BCUT2D eigenvalue weighted by atomic mass is 9.94. The van der Waals surface area contributed by atoms with E-state index in [1.165, 1.54) is 6.20 Å². The van der Waals surface area contributed by atoms with Crippen LogP contribution in [-0.2, 0) is 9.53 Å². The number of hydrogen-bond acceptors (Lipinski definition) is 5. The van der Waals surface area contributed by atoms with Gasteiger partial charge in [0.05, 0.1) is 24.1 Å². The maximum atomic E-state index is 12.5. The van der Waals surface area contributed by atoms with Crippen molar-refractivity contribution in [3.05, 3.63) is 54.2 Å². The molecular formula is C19H21N3O4. The Kier molecular flexibility index (Phi) is 5.18. The molecule has 1 amide bonds. The minimum Gasteiger partial charge on any atom is -0.481 e. The van der Waals surface area contributed by atoms with E-state index in [1.54, 1.807) is 12.1 Å². The molecule has 7 nitrogen and oxygen atoms in total. The molecular weight excluding hydrogens is 334 g/mol. The van der Waals surface area contributed by atoms with Gasteiger partial charge in [-0.25, -0.2) is 4.98 Å². The van der Waals surface area contributed by atoms with Crippen LogP contribution in [0.25, 0.3) is 0 Å². The molecule has 1 aliphatic heterocycles. The standard InChI is InChI=1S/C19H21N3O4/c1-22(15-5-3-2-4-6-15)16-8-7-14(12-20-16)18(25)21-19(11-17(23)24)9-10-26-13-19/h2-8,12H,9-11,13H2,1H3,(H,21,25)(H,23,24). The van der Waals surface area contributed by atoms with E-state index in [1.807, 2.05) is 42.3 Å². The van der Waals surface area contributed by atoms with Crippen molar-refractivity contribution in [1.29, 1.82) is 0 Å². The number of carboxylic acid groups (broad SMARTS) is 1. The Hall–Kier alpha value is -2.93. The van der Waals surface area contributed by atoms with Gasteiger partial charge in [0, 0.05) is 25.5 Å². The summed E-state index contributed by atoms with van der Waals surface area (Å²) in [5, 5.41) is 11.9. The number of carbonyl (C=O) groups excluding carboxylic acids is 1. The molecule has 2 heterocycles. The van der Waals surface area contributed by atoms with Crippen LogP contribution < -0.4 is 10.2 Å². The van der Waals surface area contributed by atoms with Crippen LogP contribution in [0.4, 0.5) is 11.5 Å². The van der Waals surface area contributed by atoms with E-state index >= 15 is 0 Å². The summed E-state index contributed by atoms with van der Waals surface area (Å²) in [6.07, 6.45) is 1.81. The van der Waals surface area contributed by atoms with Gasteiger partial charge in [-0.1, -0.05) is 18.2 Å². The van der Waals surface area contributed by atoms with Gasteiger partial charge < -0.3 is 20.1 Å². The maximum absolute atomic E-state index is 12.5. The number of carbonyl (C=O) groups is 2. The third-order valence-corrected chi connectivity index (χ3v) is 4.47. The molecule has 136 valence electrons. The van der Waals surface area contributed by atoms with Crippen molar-refractivity contribution in [3.8, 4) is 0 Å². The Morgan fingerprint density at radius 2 is 2.04 bits per heavy atom. The summed E-state index contributed by atoms with van der Waals surface area (Å²) >= 11 is 0. The maximum Gasteiger partial charge on any atom is 0.305 e. The van der Waals surface area contributed by atoms with Crippen LogP contribution in [0.1, 0.15) is 23.2 Å². The highest BCUT2D eigenvalue weighted by Gasteiger charge is 2.38. The monoisotopic (exact) mass is 355 g/mol. The smallest absolute Gasteiger partial charge is 0.305 e. The van der Waals surface area contributed by atoms with Gasteiger partial charge in [-0.05, 0) is 30.7 Å². The normalized spacial score (nSPS) is 19.1. The molecule has 1 aliphatic rings. The van der Waals surface area contributed by atoms with Crippen molar-refractivity contribution in [1.82, 2.24) is 10.3 Å². The Bertz CT molecular complexity index is 771. The predicted molar refractivity (Wildman–Crippen MR) is 96.6 cm³/mol. The van der Waals surface area contributed by atoms with E-state index in [4.69, 9.17) is 9.84 Å². The summed E-state index contributed by atoms with van der Waals surface area (Å²) in [5.74, 6) is -0.607. The van der Waals surface area contributed by atoms with Gasteiger partial charge >= 0.3 is 5.97 Å².